The summed E-state index contributed by atoms with van der Waals surface area (Å²) in [5.41, 5.74) is 1.37. The smallest absolute Gasteiger partial charge is 0.155 e. The Bertz CT molecular complexity index is 393. The summed E-state index contributed by atoms with van der Waals surface area (Å²) >= 11 is 3.24. The highest BCUT2D eigenvalue weighted by molar-refractivity contribution is 9.10. The van der Waals surface area contributed by atoms with Crippen LogP contribution in [0.5, 0.6) is 0 Å². The van der Waals surface area contributed by atoms with Crippen molar-refractivity contribution in [3.05, 3.63) is 35.8 Å². The molecule has 0 amide bonds. The minimum Gasteiger partial charge on any atom is -0.300 e. The van der Waals surface area contributed by atoms with Gasteiger partial charge in [0, 0.05) is 25.0 Å². The van der Waals surface area contributed by atoms with Gasteiger partial charge in [0.2, 0.25) is 0 Å². The van der Waals surface area contributed by atoms with Crippen molar-refractivity contribution in [3.8, 4) is 0 Å². The molecule has 2 aromatic rings. The lowest BCUT2D eigenvalue weighted by Crippen LogP contribution is -1.88. The zero-order chi connectivity index (χ0) is 7.84. The molecule has 0 unspecified atom stereocenters. The van der Waals surface area contributed by atoms with Crippen LogP contribution in [0.2, 0.25) is 0 Å². The highest BCUT2D eigenvalue weighted by Gasteiger charge is 1.98. The predicted octanol–water partition coefficient (Wildman–Crippen LogP) is 1.55. The molecule has 4 heteroatoms. The van der Waals surface area contributed by atoms with E-state index in [-0.39, 0.29) is 0 Å². The van der Waals surface area contributed by atoms with E-state index in [1.165, 1.54) is 0 Å². The van der Waals surface area contributed by atoms with Gasteiger partial charge in [0.25, 0.3) is 0 Å². The van der Waals surface area contributed by atoms with Crippen LogP contribution in [-0.2, 0) is 0 Å². The Morgan fingerprint density at radius 1 is 1.36 bits per heavy atom. The van der Waals surface area contributed by atoms with Gasteiger partial charge < -0.3 is 0 Å². The molecular formula is C7H4BrN3. The molecule has 54 valence electrons. The molecule has 0 N–H and O–H groups in total. The molecule has 0 aliphatic heterocycles. The Morgan fingerprint density at radius 3 is 3.00 bits per heavy atom. The topological polar surface area (TPSA) is 30.2 Å². The van der Waals surface area contributed by atoms with Gasteiger partial charge >= 0.3 is 0 Å². The van der Waals surface area contributed by atoms with E-state index in [4.69, 9.17) is 6.92 Å². The fraction of sp³-hybridized carbons (Fsp3) is 0. The molecule has 11 heavy (non-hydrogen) atoms. The van der Waals surface area contributed by atoms with Crippen molar-refractivity contribution in [1.82, 2.24) is 14.4 Å². The zero-order valence-corrected chi connectivity index (χ0v) is 7.12. The maximum Gasteiger partial charge on any atom is 0.155 e. The molecule has 0 aliphatic rings. The average Bonchev–Trinajstić information content (AvgIpc) is 2.33. The zero-order valence-electron chi connectivity index (χ0n) is 5.53. The van der Waals surface area contributed by atoms with Gasteiger partial charge in [-0.05, 0) is 15.9 Å². The van der Waals surface area contributed by atoms with E-state index >= 15 is 0 Å². The Kier molecular flexibility index (Phi) is 1.42. The number of imidazole rings is 1. The third-order valence-electron chi connectivity index (χ3n) is 1.39. The third-order valence-corrected chi connectivity index (χ3v) is 1.80. The van der Waals surface area contributed by atoms with Crippen LogP contribution in [0.25, 0.3) is 5.65 Å². The second-order valence-electron chi connectivity index (χ2n) is 2.12. The summed E-state index contributed by atoms with van der Waals surface area (Å²) in [7, 11) is 0. The largest absolute Gasteiger partial charge is 0.300 e. The number of hydrogen-bond acceptors (Lipinski definition) is 2. The lowest BCUT2D eigenvalue weighted by Gasteiger charge is -1.94. The van der Waals surface area contributed by atoms with Crippen LogP contribution in [0, 0.1) is 6.92 Å². The van der Waals surface area contributed by atoms with Gasteiger partial charge in [-0.25, -0.2) is 9.97 Å². The summed E-state index contributed by atoms with van der Waals surface area (Å²) in [6.45, 7) is 5.60. The Labute approximate surface area is 72.2 Å². The predicted molar refractivity (Wildman–Crippen MR) is 44.1 cm³/mol. The molecule has 0 bridgehead atoms. The molecular weight excluding hydrogens is 206 g/mol. The lowest BCUT2D eigenvalue weighted by molar-refractivity contribution is 1.08. The molecule has 2 radical (unpaired) electrons. The van der Waals surface area contributed by atoms with Crippen molar-refractivity contribution in [2.45, 2.75) is 0 Å². The van der Waals surface area contributed by atoms with E-state index in [0.29, 0.717) is 5.69 Å². The molecule has 0 spiro atoms. The van der Waals surface area contributed by atoms with Crippen molar-refractivity contribution in [2.75, 3.05) is 0 Å². The third kappa shape index (κ3) is 1.03. The minimum atomic E-state index is 0.614. The SMILES string of the molecule is [CH]c1cnc2cnc(Br)cn12. The molecule has 0 saturated heterocycles. The van der Waals surface area contributed by atoms with Crippen LogP contribution in [-0.4, -0.2) is 14.4 Å². The molecule has 0 aromatic carbocycles. The van der Waals surface area contributed by atoms with Crippen LogP contribution < -0.4 is 0 Å². The summed E-state index contributed by atoms with van der Waals surface area (Å²) in [5, 5.41) is 0. The van der Waals surface area contributed by atoms with Gasteiger partial charge in [0.05, 0.1) is 6.20 Å². The van der Waals surface area contributed by atoms with Gasteiger partial charge in [-0.1, -0.05) is 0 Å². The highest BCUT2D eigenvalue weighted by Crippen LogP contribution is 2.09. The van der Waals surface area contributed by atoms with Crippen molar-refractivity contribution in [2.24, 2.45) is 0 Å². The first kappa shape index (κ1) is 6.79. The molecule has 0 saturated carbocycles. The number of nitrogens with zero attached hydrogens (tertiary/aromatic N) is 3. The molecule has 2 aromatic heterocycles. The number of fused-ring (bicyclic) bond motifs is 1. The molecule has 2 heterocycles. The van der Waals surface area contributed by atoms with Gasteiger partial charge in [-0.15, -0.1) is 0 Å². The summed E-state index contributed by atoms with van der Waals surface area (Å²) in [5.74, 6) is 0. The van der Waals surface area contributed by atoms with Crippen LogP contribution in [0.1, 0.15) is 5.69 Å². The van der Waals surface area contributed by atoms with Gasteiger partial charge in [-0.3, -0.25) is 4.40 Å². The van der Waals surface area contributed by atoms with E-state index in [2.05, 4.69) is 25.9 Å². The average molecular weight is 210 g/mol. The summed E-state index contributed by atoms with van der Waals surface area (Å²) in [6, 6.07) is 0. The monoisotopic (exact) mass is 209 g/mol. The van der Waals surface area contributed by atoms with Crippen molar-refractivity contribution >= 4 is 21.6 Å². The minimum absolute atomic E-state index is 0.614. The van der Waals surface area contributed by atoms with Crippen molar-refractivity contribution < 1.29 is 0 Å². The van der Waals surface area contributed by atoms with Crippen LogP contribution in [0.15, 0.2) is 23.2 Å². The molecule has 0 aliphatic carbocycles. The number of hydrogen-bond donors (Lipinski definition) is 0. The number of rotatable bonds is 0. The summed E-state index contributed by atoms with van der Waals surface area (Å²) < 4.78 is 2.51. The summed E-state index contributed by atoms with van der Waals surface area (Å²) in [4.78, 5) is 8.01. The van der Waals surface area contributed by atoms with Gasteiger partial charge in [0.15, 0.2) is 5.65 Å². The molecule has 2 rings (SSSR count). The van der Waals surface area contributed by atoms with E-state index in [1.807, 2.05) is 0 Å². The number of aromatic nitrogens is 3. The van der Waals surface area contributed by atoms with Crippen LogP contribution in [0.3, 0.4) is 0 Å². The highest BCUT2D eigenvalue weighted by atomic mass is 79.9. The second-order valence-corrected chi connectivity index (χ2v) is 2.93. The van der Waals surface area contributed by atoms with Gasteiger partial charge in [0.1, 0.15) is 4.60 Å². The first-order chi connectivity index (χ1) is 5.27. The van der Waals surface area contributed by atoms with E-state index in [9.17, 15) is 0 Å². The van der Waals surface area contributed by atoms with Crippen molar-refractivity contribution in [1.29, 1.82) is 0 Å². The first-order valence-electron chi connectivity index (χ1n) is 3.01. The lowest BCUT2D eigenvalue weighted by atomic mass is 10.5. The Balaban J connectivity index is 2.87. The normalized spacial score (nSPS) is 10.7. The standard InChI is InChI=1S/C7H4BrN3/c1-5-2-10-7-3-9-6(8)4-11(5)7/h1-4H. The maximum atomic E-state index is 5.60. The Hall–Kier alpha value is -0.900. The molecule has 0 atom stereocenters. The van der Waals surface area contributed by atoms with Crippen LogP contribution >= 0.6 is 15.9 Å². The molecule has 0 fully saturated rings. The quantitative estimate of drug-likeness (QED) is 0.660. The van der Waals surface area contributed by atoms with Crippen LogP contribution in [0.4, 0.5) is 0 Å². The first-order valence-corrected chi connectivity index (χ1v) is 3.81. The van der Waals surface area contributed by atoms with Gasteiger partial charge in [-0.2, -0.15) is 0 Å². The van der Waals surface area contributed by atoms with E-state index < -0.39 is 0 Å². The Morgan fingerprint density at radius 2 is 2.18 bits per heavy atom. The molecule has 3 nitrogen and oxygen atoms in total. The maximum absolute atomic E-state index is 5.60. The van der Waals surface area contributed by atoms with Crippen molar-refractivity contribution in [3.63, 3.8) is 0 Å². The fourth-order valence-corrected chi connectivity index (χ4v) is 1.19. The van der Waals surface area contributed by atoms with E-state index in [0.717, 1.165) is 10.3 Å². The number of halogens is 1. The summed E-state index contributed by atoms with van der Waals surface area (Å²) in [6.07, 6.45) is 5.03. The van der Waals surface area contributed by atoms with E-state index in [1.54, 1.807) is 23.0 Å². The second kappa shape index (κ2) is 2.30. The fourth-order valence-electron chi connectivity index (χ4n) is 0.884.